The number of ether oxygens (including phenoxy) is 3. The van der Waals surface area contributed by atoms with Gasteiger partial charge in [-0.05, 0) is 60.9 Å². The molecule has 0 saturated heterocycles. The van der Waals surface area contributed by atoms with Crippen LogP contribution in [-0.2, 0) is 4.79 Å². The van der Waals surface area contributed by atoms with Crippen LogP contribution in [0.4, 0.5) is 0 Å². The molecule has 0 bridgehead atoms. The average molecular weight is 340 g/mol. The third-order valence-corrected chi connectivity index (χ3v) is 3.53. The number of aryl methyl sites for hydroxylation is 2. The molecule has 1 amide bonds. The zero-order valence-corrected chi connectivity index (χ0v) is 14.2. The zero-order valence-electron chi connectivity index (χ0n) is 14.2. The number of carbonyl (C=O) groups excluding carboxylic acids is 1. The maximum absolute atomic E-state index is 11.8. The van der Waals surface area contributed by atoms with Crippen molar-refractivity contribution in [2.45, 2.75) is 13.8 Å². The molecule has 0 aromatic heterocycles. The van der Waals surface area contributed by atoms with E-state index in [1.165, 1.54) is 0 Å². The van der Waals surface area contributed by atoms with E-state index in [1.807, 2.05) is 50.2 Å². The van der Waals surface area contributed by atoms with Crippen LogP contribution in [0.25, 0.3) is 0 Å². The number of rotatable bonds is 5. The largest absolute Gasteiger partial charge is 0.486 e. The summed E-state index contributed by atoms with van der Waals surface area (Å²) in [4.78, 5) is 11.8. The minimum Gasteiger partial charge on any atom is -0.486 e. The minimum absolute atomic E-state index is 0.0959. The average Bonchev–Trinajstić information content (AvgIpc) is 2.59. The summed E-state index contributed by atoms with van der Waals surface area (Å²) in [6.07, 6.45) is 1.55. The summed E-state index contributed by atoms with van der Waals surface area (Å²) in [7, 11) is 0. The van der Waals surface area contributed by atoms with Gasteiger partial charge in [-0.1, -0.05) is 6.07 Å². The van der Waals surface area contributed by atoms with Crippen molar-refractivity contribution >= 4 is 12.1 Å². The maximum atomic E-state index is 11.8. The van der Waals surface area contributed by atoms with Crippen LogP contribution in [0.5, 0.6) is 17.2 Å². The van der Waals surface area contributed by atoms with Gasteiger partial charge in [0.2, 0.25) is 0 Å². The third-order valence-electron chi connectivity index (χ3n) is 3.53. The van der Waals surface area contributed by atoms with Crippen molar-refractivity contribution in [3.63, 3.8) is 0 Å². The first-order valence-electron chi connectivity index (χ1n) is 8.03. The minimum atomic E-state index is -0.326. The number of fused-ring (bicyclic) bond motifs is 1. The van der Waals surface area contributed by atoms with Gasteiger partial charge >= 0.3 is 0 Å². The summed E-state index contributed by atoms with van der Waals surface area (Å²) >= 11 is 0. The highest BCUT2D eigenvalue weighted by Gasteiger charge is 2.11. The summed E-state index contributed by atoms with van der Waals surface area (Å²) in [6.45, 7) is 4.95. The third kappa shape index (κ3) is 4.73. The highest BCUT2D eigenvalue weighted by Crippen LogP contribution is 2.30. The van der Waals surface area contributed by atoms with Crippen molar-refractivity contribution in [1.29, 1.82) is 0 Å². The van der Waals surface area contributed by atoms with Gasteiger partial charge in [-0.25, -0.2) is 5.43 Å². The van der Waals surface area contributed by atoms with Crippen molar-refractivity contribution in [3.8, 4) is 17.2 Å². The monoisotopic (exact) mass is 340 g/mol. The summed E-state index contributed by atoms with van der Waals surface area (Å²) in [6, 6.07) is 11.3. The normalized spacial score (nSPS) is 12.9. The lowest BCUT2D eigenvalue weighted by atomic mass is 10.1. The van der Waals surface area contributed by atoms with Crippen molar-refractivity contribution in [3.05, 3.63) is 53.1 Å². The first-order valence-corrected chi connectivity index (χ1v) is 8.03. The van der Waals surface area contributed by atoms with E-state index in [0.717, 1.165) is 16.7 Å². The van der Waals surface area contributed by atoms with E-state index in [2.05, 4.69) is 10.5 Å². The Hall–Kier alpha value is -3.02. The number of carbonyl (C=O) groups is 1. The van der Waals surface area contributed by atoms with E-state index in [4.69, 9.17) is 14.2 Å². The van der Waals surface area contributed by atoms with E-state index in [9.17, 15) is 4.79 Å². The standard InChI is InChI=1S/C19H20N2O4/c1-13-7-14(2)9-16(8-13)25-12-19(22)21-20-11-15-3-4-17-18(10-15)24-6-5-23-17/h3-4,7-11H,5-6,12H2,1-2H3,(H,21,22)/b20-11-. The molecular weight excluding hydrogens is 320 g/mol. The molecule has 130 valence electrons. The first-order chi connectivity index (χ1) is 12.1. The number of amides is 1. The van der Waals surface area contributed by atoms with Gasteiger partial charge in [-0.3, -0.25) is 4.79 Å². The molecule has 1 heterocycles. The topological polar surface area (TPSA) is 69.2 Å². The van der Waals surface area contributed by atoms with Crippen LogP contribution < -0.4 is 19.6 Å². The quantitative estimate of drug-likeness (QED) is 0.671. The first kappa shape index (κ1) is 16.8. The fourth-order valence-electron chi connectivity index (χ4n) is 2.52. The predicted octanol–water partition coefficient (Wildman–Crippen LogP) is 2.60. The Morgan fingerprint density at radius 3 is 2.60 bits per heavy atom. The molecule has 25 heavy (non-hydrogen) atoms. The predicted molar refractivity (Wildman–Crippen MR) is 94.6 cm³/mol. The number of nitrogens with one attached hydrogen (secondary N) is 1. The van der Waals surface area contributed by atoms with Crippen LogP contribution in [0.3, 0.4) is 0 Å². The lowest BCUT2D eigenvalue weighted by Gasteiger charge is -2.18. The van der Waals surface area contributed by atoms with Crippen molar-refractivity contribution in [2.24, 2.45) is 5.10 Å². The molecule has 1 aliphatic heterocycles. The van der Waals surface area contributed by atoms with Gasteiger partial charge in [-0.15, -0.1) is 0 Å². The summed E-state index contributed by atoms with van der Waals surface area (Å²) in [5.74, 6) is 1.74. The number of hydrazone groups is 1. The molecule has 2 aromatic rings. The maximum Gasteiger partial charge on any atom is 0.277 e. The Bertz CT molecular complexity index is 782. The second kappa shape index (κ2) is 7.70. The van der Waals surface area contributed by atoms with E-state index < -0.39 is 0 Å². The van der Waals surface area contributed by atoms with E-state index in [-0.39, 0.29) is 12.5 Å². The molecule has 6 heteroatoms. The molecule has 2 aromatic carbocycles. The summed E-state index contributed by atoms with van der Waals surface area (Å²) in [5.41, 5.74) is 5.43. The smallest absolute Gasteiger partial charge is 0.277 e. The van der Waals surface area contributed by atoms with Gasteiger partial charge in [-0.2, -0.15) is 5.10 Å². The van der Waals surface area contributed by atoms with Gasteiger partial charge in [0.05, 0.1) is 6.21 Å². The molecule has 6 nitrogen and oxygen atoms in total. The molecule has 0 atom stereocenters. The van der Waals surface area contributed by atoms with Crippen LogP contribution in [0, 0.1) is 13.8 Å². The molecule has 0 fully saturated rings. The Morgan fingerprint density at radius 2 is 1.84 bits per heavy atom. The van der Waals surface area contributed by atoms with Gasteiger partial charge in [0.25, 0.3) is 5.91 Å². The van der Waals surface area contributed by atoms with Crippen molar-refractivity contribution in [1.82, 2.24) is 5.43 Å². The molecule has 0 aliphatic carbocycles. The van der Waals surface area contributed by atoms with Crippen LogP contribution in [0.1, 0.15) is 16.7 Å². The van der Waals surface area contributed by atoms with Crippen LogP contribution in [0.2, 0.25) is 0 Å². The number of benzene rings is 2. The molecular formula is C19H20N2O4. The molecule has 1 aliphatic rings. The van der Waals surface area contributed by atoms with Crippen LogP contribution >= 0.6 is 0 Å². The second-order valence-corrected chi connectivity index (χ2v) is 5.81. The number of hydrogen-bond donors (Lipinski definition) is 1. The molecule has 3 rings (SSSR count). The molecule has 0 saturated carbocycles. The Labute approximate surface area is 146 Å². The summed E-state index contributed by atoms with van der Waals surface area (Å²) in [5, 5.41) is 3.94. The Kier molecular flexibility index (Phi) is 5.18. The van der Waals surface area contributed by atoms with Crippen LogP contribution in [0.15, 0.2) is 41.5 Å². The van der Waals surface area contributed by atoms with Gasteiger partial charge in [0.1, 0.15) is 19.0 Å². The fourth-order valence-corrected chi connectivity index (χ4v) is 2.52. The van der Waals surface area contributed by atoms with E-state index >= 15 is 0 Å². The van der Waals surface area contributed by atoms with E-state index in [0.29, 0.717) is 30.5 Å². The highest BCUT2D eigenvalue weighted by molar-refractivity contribution is 5.83. The van der Waals surface area contributed by atoms with Crippen LogP contribution in [-0.4, -0.2) is 31.9 Å². The van der Waals surface area contributed by atoms with Crippen molar-refractivity contribution < 1.29 is 19.0 Å². The number of hydrogen-bond acceptors (Lipinski definition) is 5. The van der Waals surface area contributed by atoms with Crippen molar-refractivity contribution in [2.75, 3.05) is 19.8 Å². The van der Waals surface area contributed by atoms with Gasteiger partial charge < -0.3 is 14.2 Å². The second-order valence-electron chi connectivity index (χ2n) is 5.81. The summed E-state index contributed by atoms with van der Waals surface area (Å²) < 4.78 is 16.4. The lowest BCUT2D eigenvalue weighted by molar-refractivity contribution is -0.123. The highest BCUT2D eigenvalue weighted by atomic mass is 16.6. The Morgan fingerprint density at radius 1 is 1.12 bits per heavy atom. The molecule has 1 N–H and O–H groups in total. The Balaban J connectivity index is 1.51. The van der Waals surface area contributed by atoms with Gasteiger partial charge in [0.15, 0.2) is 18.1 Å². The van der Waals surface area contributed by atoms with E-state index in [1.54, 1.807) is 6.21 Å². The van der Waals surface area contributed by atoms with Gasteiger partial charge in [0, 0.05) is 0 Å². The number of nitrogens with zero attached hydrogens (tertiary/aromatic N) is 1. The fraction of sp³-hybridized carbons (Fsp3) is 0.263. The molecule has 0 radical (unpaired) electrons. The zero-order chi connectivity index (χ0) is 17.6. The SMILES string of the molecule is Cc1cc(C)cc(OCC(=O)N/N=C\c2ccc3c(c2)OCCO3)c1. The molecule has 0 unspecified atom stereocenters. The molecule has 0 spiro atoms. The lowest BCUT2D eigenvalue weighted by Crippen LogP contribution is -2.24.